The van der Waals surface area contributed by atoms with E-state index in [1.54, 1.807) is 6.92 Å². The molecule has 122 valence electrons. The van der Waals surface area contributed by atoms with Crippen molar-refractivity contribution in [2.75, 3.05) is 12.3 Å². The molecule has 2 rings (SSSR count). The van der Waals surface area contributed by atoms with Gasteiger partial charge >= 0.3 is 0 Å². The Bertz CT molecular complexity index is 616. The van der Waals surface area contributed by atoms with Gasteiger partial charge in [-0.15, -0.1) is 0 Å². The third kappa shape index (κ3) is 6.37. The molecule has 0 bridgehead atoms. The molecule has 0 aromatic heterocycles. The van der Waals surface area contributed by atoms with Gasteiger partial charge in [0.25, 0.3) is 5.91 Å². The number of carbonyl (C=O) groups excluding carboxylic acids is 1. The molecule has 2 aromatic carbocycles. The van der Waals surface area contributed by atoms with Crippen molar-refractivity contribution < 1.29 is 9.53 Å². The van der Waals surface area contributed by atoms with E-state index in [4.69, 9.17) is 4.74 Å². The van der Waals surface area contributed by atoms with Gasteiger partial charge in [-0.3, -0.25) is 4.79 Å². The summed E-state index contributed by atoms with van der Waals surface area (Å²) in [5.41, 5.74) is 2.42. The Balaban J connectivity index is 1.64. The Kier molecular flexibility index (Phi) is 7.01. The van der Waals surface area contributed by atoms with E-state index in [0.29, 0.717) is 6.54 Å². The molecule has 2 aromatic rings. The van der Waals surface area contributed by atoms with Crippen molar-refractivity contribution in [3.8, 4) is 5.75 Å². The number of benzene rings is 2. The molecule has 3 nitrogen and oxygen atoms in total. The van der Waals surface area contributed by atoms with Crippen molar-refractivity contribution in [3.63, 3.8) is 0 Å². The summed E-state index contributed by atoms with van der Waals surface area (Å²) >= 11 is 1.81. The lowest BCUT2D eigenvalue weighted by molar-refractivity contribution is -0.127. The average Bonchev–Trinajstić information content (AvgIpc) is 2.55. The number of thioether (sulfide) groups is 1. The number of amides is 1. The third-order valence-electron chi connectivity index (χ3n) is 3.33. The normalized spacial score (nSPS) is 11.7. The van der Waals surface area contributed by atoms with Gasteiger partial charge in [-0.2, -0.15) is 11.8 Å². The SMILES string of the molecule is Cc1cccc(OC(C)C(=O)NCCSCc2ccccc2)c1. The number of hydrogen-bond donors (Lipinski definition) is 1. The van der Waals surface area contributed by atoms with Gasteiger partial charge in [-0.25, -0.2) is 0 Å². The quantitative estimate of drug-likeness (QED) is 0.748. The maximum absolute atomic E-state index is 12.0. The average molecular weight is 329 g/mol. The minimum atomic E-state index is -0.490. The topological polar surface area (TPSA) is 38.3 Å². The highest BCUT2D eigenvalue weighted by Gasteiger charge is 2.13. The van der Waals surface area contributed by atoms with Crippen LogP contribution in [0.2, 0.25) is 0 Å². The molecule has 1 atom stereocenters. The molecule has 0 fully saturated rings. The molecule has 1 amide bonds. The summed E-state index contributed by atoms with van der Waals surface area (Å²) in [6, 6.07) is 18.1. The van der Waals surface area contributed by atoms with Crippen molar-refractivity contribution in [2.24, 2.45) is 0 Å². The number of aryl methyl sites for hydroxylation is 1. The first-order chi connectivity index (χ1) is 11.1. The number of hydrogen-bond acceptors (Lipinski definition) is 3. The van der Waals surface area contributed by atoms with Crippen molar-refractivity contribution >= 4 is 17.7 Å². The van der Waals surface area contributed by atoms with E-state index in [2.05, 4.69) is 17.4 Å². The van der Waals surface area contributed by atoms with E-state index in [9.17, 15) is 4.79 Å². The molecule has 0 aliphatic carbocycles. The van der Waals surface area contributed by atoms with Crippen LogP contribution in [0.1, 0.15) is 18.1 Å². The van der Waals surface area contributed by atoms with Crippen molar-refractivity contribution in [1.82, 2.24) is 5.32 Å². The second-order valence-corrected chi connectivity index (χ2v) is 6.51. The third-order valence-corrected chi connectivity index (χ3v) is 4.36. The van der Waals surface area contributed by atoms with Crippen LogP contribution in [-0.4, -0.2) is 24.3 Å². The lowest BCUT2D eigenvalue weighted by Crippen LogP contribution is -2.37. The summed E-state index contributed by atoms with van der Waals surface area (Å²) in [5, 5.41) is 2.92. The zero-order valence-corrected chi connectivity index (χ0v) is 14.4. The first kappa shape index (κ1) is 17.4. The van der Waals surface area contributed by atoms with Gasteiger partial charge in [-0.05, 0) is 37.1 Å². The smallest absolute Gasteiger partial charge is 0.260 e. The van der Waals surface area contributed by atoms with Crippen LogP contribution in [0, 0.1) is 6.92 Å². The summed E-state index contributed by atoms with van der Waals surface area (Å²) in [6.45, 7) is 4.42. The molecular weight excluding hydrogens is 306 g/mol. The van der Waals surface area contributed by atoms with Gasteiger partial charge in [0.05, 0.1) is 0 Å². The minimum Gasteiger partial charge on any atom is -0.481 e. The zero-order valence-electron chi connectivity index (χ0n) is 13.6. The van der Waals surface area contributed by atoms with Crippen molar-refractivity contribution in [3.05, 3.63) is 65.7 Å². The molecule has 0 aliphatic heterocycles. The molecule has 0 heterocycles. The first-order valence-corrected chi connectivity index (χ1v) is 8.93. The van der Waals surface area contributed by atoms with Crippen LogP contribution in [0.25, 0.3) is 0 Å². The molecule has 0 aliphatic rings. The fourth-order valence-electron chi connectivity index (χ4n) is 2.10. The number of rotatable bonds is 8. The summed E-state index contributed by atoms with van der Waals surface area (Å²) in [6.07, 6.45) is -0.490. The van der Waals surface area contributed by atoms with Crippen LogP contribution in [0.4, 0.5) is 0 Å². The van der Waals surface area contributed by atoms with Gasteiger partial charge in [0.2, 0.25) is 0 Å². The summed E-state index contributed by atoms with van der Waals surface area (Å²) in [7, 11) is 0. The Morgan fingerprint density at radius 1 is 1.17 bits per heavy atom. The predicted molar refractivity (Wildman–Crippen MR) is 96.9 cm³/mol. The second-order valence-electron chi connectivity index (χ2n) is 5.41. The van der Waals surface area contributed by atoms with E-state index in [0.717, 1.165) is 22.8 Å². The second kappa shape index (κ2) is 9.26. The van der Waals surface area contributed by atoms with Gasteiger partial charge in [-0.1, -0.05) is 42.5 Å². The monoisotopic (exact) mass is 329 g/mol. The molecule has 4 heteroatoms. The fraction of sp³-hybridized carbons (Fsp3) is 0.316. The largest absolute Gasteiger partial charge is 0.481 e. The molecule has 23 heavy (non-hydrogen) atoms. The minimum absolute atomic E-state index is 0.0770. The molecule has 1 N–H and O–H groups in total. The molecule has 0 spiro atoms. The maximum atomic E-state index is 12.0. The highest BCUT2D eigenvalue weighted by atomic mass is 32.2. The summed E-state index contributed by atoms with van der Waals surface area (Å²) in [4.78, 5) is 12.0. The highest BCUT2D eigenvalue weighted by Crippen LogP contribution is 2.14. The fourth-order valence-corrected chi connectivity index (χ4v) is 2.92. The van der Waals surface area contributed by atoms with Crippen LogP contribution in [0.15, 0.2) is 54.6 Å². The molecule has 0 radical (unpaired) electrons. The van der Waals surface area contributed by atoms with E-state index in [-0.39, 0.29) is 5.91 Å². The lowest BCUT2D eigenvalue weighted by Gasteiger charge is -2.15. The first-order valence-electron chi connectivity index (χ1n) is 7.78. The van der Waals surface area contributed by atoms with E-state index in [1.165, 1.54) is 5.56 Å². The van der Waals surface area contributed by atoms with Crippen molar-refractivity contribution in [2.45, 2.75) is 25.7 Å². The van der Waals surface area contributed by atoms with Gasteiger partial charge in [0.15, 0.2) is 6.10 Å². The zero-order chi connectivity index (χ0) is 16.5. The predicted octanol–water partition coefficient (Wildman–Crippen LogP) is 3.81. The standard InChI is InChI=1S/C19H23NO2S/c1-15-7-6-10-18(13-15)22-16(2)19(21)20-11-12-23-14-17-8-4-3-5-9-17/h3-10,13,16H,11-12,14H2,1-2H3,(H,20,21). The Morgan fingerprint density at radius 2 is 1.96 bits per heavy atom. The highest BCUT2D eigenvalue weighted by molar-refractivity contribution is 7.98. The Labute approximate surface area is 142 Å². The number of ether oxygens (including phenoxy) is 1. The number of nitrogens with one attached hydrogen (secondary N) is 1. The summed E-state index contributed by atoms with van der Waals surface area (Å²) < 4.78 is 5.66. The van der Waals surface area contributed by atoms with Gasteiger partial charge in [0, 0.05) is 18.1 Å². The molecule has 0 saturated heterocycles. The van der Waals surface area contributed by atoms with Crippen LogP contribution < -0.4 is 10.1 Å². The molecular formula is C19H23NO2S. The van der Waals surface area contributed by atoms with E-state index >= 15 is 0 Å². The van der Waals surface area contributed by atoms with Crippen LogP contribution in [0.3, 0.4) is 0 Å². The van der Waals surface area contributed by atoms with Gasteiger partial charge in [0.1, 0.15) is 5.75 Å². The number of carbonyl (C=O) groups is 1. The van der Waals surface area contributed by atoms with Gasteiger partial charge < -0.3 is 10.1 Å². The van der Waals surface area contributed by atoms with E-state index < -0.39 is 6.10 Å². The Morgan fingerprint density at radius 3 is 2.70 bits per heavy atom. The van der Waals surface area contributed by atoms with Crippen LogP contribution >= 0.6 is 11.8 Å². The lowest BCUT2D eigenvalue weighted by atomic mass is 10.2. The maximum Gasteiger partial charge on any atom is 0.260 e. The Hall–Kier alpha value is -1.94. The molecule has 0 saturated carbocycles. The van der Waals surface area contributed by atoms with Crippen molar-refractivity contribution in [1.29, 1.82) is 0 Å². The van der Waals surface area contributed by atoms with Crippen LogP contribution in [-0.2, 0) is 10.5 Å². The van der Waals surface area contributed by atoms with E-state index in [1.807, 2.05) is 61.2 Å². The summed E-state index contributed by atoms with van der Waals surface area (Å²) in [5.74, 6) is 2.50. The molecule has 1 unspecified atom stereocenters. The van der Waals surface area contributed by atoms with Crippen LogP contribution in [0.5, 0.6) is 5.75 Å².